The molecule has 0 spiro atoms. The van der Waals surface area contributed by atoms with Gasteiger partial charge in [-0.15, -0.1) is 0 Å². The first kappa shape index (κ1) is 30.7. The molecule has 43 heavy (non-hydrogen) atoms. The summed E-state index contributed by atoms with van der Waals surface area (Å²) in [5, 5.41) is 6.73. The molecule has 0 aliphatic carbocycles. The second kappa shape index (κ2) is 15.7. The highest BCUT2D eigenvalue weighted by molar-refractivity contribution is 6.04. The number of nitrogens with one attached hydrogen (secondary N) is 3. The molecule has 0 radical (unpaired) electrons. The van der Waals surface area contributed by atoms with Gasteiger partial charge in [-0.25, -0.2) is 9.80 Å². The zero-order valence-electron chi connectivity index (χ0n) is 23.5. The van der Waals surface area contributed by atoms with Gasteiger partial charge in [0.05, 0.1) is 0 Å². The SMILES string of the molecule is O=C(CC(=O)NN1CCN(C(=O)OCc2ccccc2)CC1)Nc1cccc(C(=O)NCC(=O)OCc2ccccc2)c1. The van der Waals surface area contributed by atoms with Crippen LogP contribution in [0.2, 0.25) is 0 Å². The van der Waals surface area contributed by atoms with E-state index < -0.39 is 36.2 Å². The molecule has 1 aliphatic rings. The molecule has 1 heterocycles. The minimum Gasteiger partial charge on any atom is -0.460 e. The van der Waals surface area contributed by atoms with Crippen LogP contribution in [0.4, 0.5) is 10.5 Å². The van der Waals surface area contributed by atoms with Crippen molar-refractivity contribution >= 4 is 35.5 Å². The average Bonchev–Trinajstić information content (AvgIpc) is 3.02. The number of nitrogens with zero attached hydrogens (tertiary/aromatic N) is 2. The number of rotatable bonds is 11. The van der Waals surface area contributed by atoms with E-state index in [0.29, 0.717) is 31.9 Å². The molecule has 0 atom stereocenters. The van der Waals surface area contributed by atoms with E-state index in [-0.39, 0.29) is 25.3 Å². The molecule has 4 rings (SSSR count). The number of hydrogen-bond donors (Lipinski definition) is 3. The van der Waals surface area contributed by atoms with Gasteiger partial charge in [-0.1, -0.05) is 66.7 Å². The fourth-order valence-corrected chi connectivity index (χ4v) is 4.16. The Morgan fingerprint density at radius 1 is 0.698 bits per heavy atom. The predicted molar refractivity (Wildman–Crippen MR) is 156 cm³/mol. The van der Waals surface area contributed by atoms with E-state index in [1.165, 1.54) is 12.1 Å². The van der Waals surface area contributed by atoms with Gasteiger partial charge in [0, 0.05) is 37.4 Å². The molecular formula is C31H33N5O7. The van der Waals surface area contributed by atoms with E-state index in [9.17, 15) is 24.0 Å². The highest BCUT2D eigenvalue weighted by atomic mass is 16.6. The minimum atomic E-state index is -0.586. The summed E-state index contributed by atoms with van der Waals surface area (Å²) in [5.74, 6) is -2.19. The van der Waals surface area contributed by atoms with Crippen LogP contribution < -0.4 is 16.1 Å². The van der Waals surface area contributed by atoms with E-state index in [2.05, 4.69) is 16.1 Å². The fraction of sp³-hybridized carbons (Fsp3) is 0.258. The van der Waals surface area contributed by atoms with Crippen LogP contribution in [-0.2, 0) is 37.1 Å². The van der Waals surface area contributed by atoms with Crippen LogP contribution in [0.15, 0.2) is 84.9 Å². The van der Waals surface area contributed by atoms with Crippen molar-refractivity contribution in [3.05, 3.63) is 102 Å². The first-order valence-corrected chi connectivity index (χ1v) is 13.7. The van der Waals surface area contributed by atoms with Crippen molar-refractivity contribution in [3.63, 3.8) is 0 Å². The van der Waals surface area contributed by atoms with Gasteiger partial charge < -0.3 is 25.0 Å². The van der Waals surface area contributed by atoms with Crippen molar-refractivity contribution in [2.24, 2.45) is 0 Å². The number of amides is 4. The molecule has 0 bridgehead atoms. The summed E-state index contributed by atoms with van der Waals surface area (Å²) in [4.78, 5) is 63.2. The van der Waals surface area contributed by atoms with E-state index in [0.717, 1.165) is 11.1 Å². The van der Waals surface area contributed by atoms with Gasteiger partial charge in [0.25, 0.3) is 5.91 Å². The number of piperazine rings is 1. The van der Waals surface area contributed by atoms with Crippen molar-refractivity contribution < 1.29 is 33.4 Å². The molecule has 3 aromatic rings. The van der Waals surface area contributed by atoms with Gasteiger partial charge in [0.15, 0.2) is 0 Å². The molecule has 224 valence electrons. The Labute approximate surface area is 248 Å². The summed E-state index contributed by atoms with van der Waals surface area (Å²) in [5.41, 5.74) is 4.94. The summed E-state index contributed by atoms with van der Waals surface area (Å²) >= 11 is 0. The summed E-state index contributed by atoms with van der Waals surface area (Å²) in [7, 11) is 0. The van der Waals surface area contributed by atoms with Crippen molar-refractivity contribution in [2.45, 2.75) is 19.6 Å². The van der Waals surface area contributed by atoms with Crippen molar-refractivity contribution in [1.82, 2.24) is 20.7 Å². The molecule has 3 N–H and O–H groups in total. The monoisotopic (exact) mass is 587 g/mol. The zero-order chi connectivity index (χ0) is 30.4. The Bertz CT molecular complexity index is 1410. The third-order valence-electron chi connectivity index (χ3n) is 6.39. The third kappa shape index (κ3) is 10.3. The van der Waals surface area contributed by atoms with Crippen LogP contribution in [0.25, 0.3) is 0 Å². The Morgan fingerprint density at radius 2 is 1.33 bits per heavy atom. The maximum atomic E-state index is 12.5. The van der Waals surface area contributed by atoms with Crippen molar-refractivity contribution in [1.29, 1.82) is 0 Å². The number of anilines is 1. The van der Waals surface area contributed by atoms with Gasteiger partial charge in [0.1, 0.15) is 26.2 Å². The summed E-state index contributed by atoms with van der Waals surface area (Å²) in [6.45, 7) is 1.45. The number of benzene rings is 3. The Balaban J connectivity index is 1.13. The maximum absolute atomic E-state index is 12.5. The molecule has 12 nitrogen and oxygen atoms in total. The molecule has 3 aromatic carbocycles. The molecule has 0 aromatic heterocycles. The van der Waals surface area contributed by atoms with E-state index in [1.54, 1.807) is 22.0 Å². The van der Waals surface area contributed by atoms with Crippen molar-refractivity contribution in [3.8, 4) is 0 Å². The summed E-state index contributed by atoms with van der Waals surface area (Å²) < 4.78 is 10.5. The van der Waals surface area contributed by atoms with Gasteiger partial charge >= 0.3 is 12.1 Å². The lowest BCUT2D eigenvalue weighted by atomic mass is 10.2. The predicted octanol–water partition coefficient (Wildman–Crippen LogP) is 2.47. The lowest BCUT2D eigenvalue weighted by Gasteiger charge is -2.34. The smallest absolute Gasteiger partial charge is 0.410 e. The first-order chi connectivity index (χ1) is 20.9. The lowest BCUT2D eigenvalue weighted by Crippen LogP contribution is -2.55. The van der Waals surface area contributed by atoms with Crippen LogP contribution in [0, 0.1) is 0 Å². The highest BCUT2D eigenvalue weighted by Gasteiger charge is 2.24. The van der Waals surface area contributed by atoms with E-state index in [4.69, 9.17) is 9.47 Å². The Morgan fingerprint density at radius 3 is 1.98 bits per heavy atom. The van der Waals surface area contributed by atoms with Gasteiger partial charge in [-0.3, -0.25) is 24.6 Å². The number of esters is 1. The quantitative estimate of drug-likeness (QED) is 0.229. The molecule has 0 unspecified atom stereocenters. The van der Waals surface area contributed by atoms with Gasteiger partial charge in [0.2, 0.25) is 11.8 Å². The second-order valence-electron chi connectivity index (χ2n) is 9.68. The molecule has 4 amide bonds. The Hall–Kier alpha value is -5.23. The molecule has 1 aliphatic heterocycles. The average molecular weight is 588 g/mol. The van der Waals surface area contributed by atoms with Crippen molar-refractivity contribution in [2.75, 3.05) is 38.0 Å². The van der Waals surface area contributed by atoms with Crippen LogP contribution in [0.1, 0.15) is 27.9 Å². The largest absolute Gasteiger partial charge is 0.460 e. The van der Waals surface area contributed by atoms with Crippen LogP contribution in [0.5, 0.6) is 0 Å². The summed E-state index contributed by atoms with van der Waals surface area (Å²) in [6, 6.07) is 24.7. The molecule has 1 fully saturated rings. The van der Waals surface area contributed by atoms with E-state index >= 15 is 0 Å². The highest BCUT2D eigenvalue weighted by Crippen LogP contribution is 2.12. The van der Waals surface area contributed by atoms with Crippen LogP contribution >= 0.6 is 0 Å². The number of hydrogen-bond acceptors (Lipinski definition) is 8. The first-order valence-electron chi connectivity index (χ1n) is 13.7. The number of ether oxygens (including phenoxy) is 2. The topological polar surface area (TPSA) is 146 Å². The molecule has 1 saturated heterocycles. The molecule has 12 heteroatoms. The Kier molecular flexibility index (Phi) is 11.2. The maximum Gasteiger partial charge on any atom is 0.410 e. The van der Waals surface area contributed by atoms with Gasteiger partial charge in [-0.05, 0) is 29.3 Å². The second-order valence-corrected chi connectivity index (χ2v) is 9.68. The molecule has 0 saturated carbocycles. The number of hydrazine groups is 1. The number of carbonyl (C=O) groups is 5. The van der Waals surface area contributed by atoms with Crippen LogP contribution in [0.3, 0.4) is 0 Å². The third-order valence-corrected chi connectivity index (χ3v) is 6.39. The normalized spacial score (nSPS) is 13.0. The minimum absolute atomic E-state index is 0.102. The van der Waals surface area contributed by atoms with E-state index in [1.807, 2.05) is 60.7 Å². The standard InChI is InChI=1S/C31H33N5O7/c37-27(19-28(38)34-36-16-14-35(15-17-36)31(41)43-22-24-10-5-2-6-11-24)33-26-13-7-12-25(18-26)30(40)32-20-29(39)42-21-23-8-3-1-4-9-23/h1-13,18H,14-17,19-22H2,(H,32,40)(H,33,37)(H,34,38). The summed E-state index contributed by atoms with van der Waals surface area (Å²) in [6.07, 6.45) is -0.865. The zero-order valence-corrected chi connectivity index (χ0v) is 23.5. The van der Waals surface area contributed by atoms with Crippen LogP contribution in [-0.4, -0.2) is 72.4 Å². The number of carbonyl (C=O) groups excluding carboxylic acids is 5. The molecular weight excluding hydrogens is 554 g/mol. The van der Waals surface area contributed by atoms with Gasteiger partial charge in [-0.2, -0.15) is 0 Å². The lowest BCUT2D eigenvalue weighted by molar-refractivity contribution is -0.143. The fourth-order valence-electron chi connectivity index (χ4n) is 4.16.